The van der Waals surface area contributed by atoms with E-state index in [9.17, 15) is 4.79 Å². The number of benzene rings is 2. The monoisotopic (exact) mass is 367 g/mol. The molecule has 2 aromatic carbocycles. The molecule has 0 aromatic heterocycles. The molecule has 25 heavy (non-hydrogen) atoms. The molecule has 6 heteroatoms. The molecule has 2 aromatic rings. The van der Waals surface area contributed by atoms with Gasteiger partial charge in [-0.05, 0) is 41.6 Å². The van der Waals surface area contributed by atoms with Crippen molar-refractivity contribution in [3.8, 4) is 0 Å². The third-order valence-electron chi connectivity index (χ3n) is 3.60. The lowest BCUT2D eigenvalue weighted by Crippen LogP contribution is -2.22. The van der Waals surface area contributed by atoms with Crippen LogP contribution in [-0.2, 0) is 4.79 Å². The maximum absolute atomic E-state index is 12.5. The van der Waals surface area contributed by atoms with E-state index >= 15 is 0 Å². The van der Waals surface area contributed by atoms with Crippen LogP contribution in [0.5, 0.6) is 0 Å². The van der Waals surface area contributed by atoms with Crippen LogP contribution < -0.4 is 4.90 Å². The smallest absolute Gasteiger partial charge is 0.286 e. The summed E-state index contributed by atoms with van der Waals surface area (Å²) in [5.74, 6) is -0.194. The molecular formula is C19H17N3OS2. The number of thioether (sulfide) groups is 1. The number of hydrazone groups is 1. The van der Waals surface area contributed by atoms with Gasteiger partial charge in [0.25, 0.3) is 5.91 Å². The van der Waals surface area contributed by atoms with E-state index in [-0.39, 0.29) is 5.91 Å². The standard InChI is InChI=1S/C19H17N3OS2/c1-21(2)16-10-8-15(9-11-16)13-20-22-18(23)17(25-19(22)24)12-14-6-4-3-5-7-14/h3-13H,1-2H3/b17-12-,20-13+. The molecule has 0 spiro atoms. The lowest BCUT2D eigenvalue weighted by atomic mass is 10.2. The van der Waals surface area contributed by atoms with Gasteiger partial charge in [-0.2, -0.15) is 10.1 Å². The van der Waals surface area contributed by atoms with Crippen LogP contribution in [0.15, 0.2) is 64.6 Å². The minimum Gasteiger partial charge on any atom is -0.378 e. The molecule has 1 amide bonds. The first-order valence-corrected chi connectivity index (χ1v) is 8.91. The summed E-state index contributed by atoms with van der Waals surface area (Å²) < 4.78 is 0.438. The molecule has 1 aliphatic heterocycles. The summed E-state index contributed by atoms with van der Waals surface area (Å²) in [5.41, 5.74) is 2.98. The van der Waals surface area contributed by atoms with Gasteiger partial charge in [-0.3, -0.25) is 4.79 Å². The van der Waals surface area contributed by atoms with Crippen molar-refractivity contribution in [3.05, 3.63) is 70.6 Å². The van der Waals surface area contributed by atoms with E-state index in [1.54, 1.807) is 6.21 Å². The Morgan fingerprint density at radius 1 is 1.04 bits per heavy atom. The number of hydrogen-bond donors (Lipinski definition) is 0. The summed E-state index contributed by atoms with van der Waals surface area (Å²) in [5, 5.41) is 5.54. The number of nitrogens with zero attached hydrogens (tertiary/aromatic N) is 3. The number of carbonyl (C=O) groups excluding carboxylic acids is 1. The lowest BCUT2D eigenvalue weighted by molar-refractivity contribution is -0.122. The van der Waals surface area contributed by atoms with Gasteiger partial charge in [-0.15, -0.1) is 0 Å². The number of hydrogen-bond acceptors (Lipinski definition) is 5. The van der Waals surface area contributed by atoms with Gasteiger partial charge in [0.05, 0.1) is 11.1 Å². The Hall–Kier alpha value is -2.44. The van der Waals surface area contributed by atoms with E-state index in [0.29, 0.717) is 9.23 Å². The fourth-order valence-corrected chi connectivity index (χ4v) is 3.42. The highest BCUT2D eigenvalue weighted by Crippen LogP contribution is 2.32. The van der Waals surface area contributed by atoms with E-state index in [1.165, 1.54) is 16.8 Å². The maximum atomic E-state index is 12.5. The second-order valence-electron chi connectivity index (χ2n) is 5.63. The Labute approximate surface area is 156 Å². The number of rotatable bonds is 4. The van der Waals surface area contributed by atoms with E-state index in [0.717, 1.165) is 16.8 Å². The molecule has 1 saturated heterocycles. The zero-order chi connectivity index (χ0) is 17.8. The van der Waals surface area contributed by atoms with Crippen molar-refractivity contribution in [1.29, 1.82) is 0 Å². The van der Waals surface area contributed by atoms with Gasteiger partial charge in [-0.1, -0.05) is 54.2 Å². The molecule has 0 unspecified atom stereocenters. The summed E-state index contributed by atoms with van der Waals surface area (Å²) >= 11 is 6.55. The van der Waals surface area contributed by atoms with Crippen LogP contribution in [0.2, 0.25) is 0 Å². The van der Waals surface area contributed by atoms with Crippen LogP contribution in [-0.4, -0.2) is 35.5 Å². The summed E-state index contributed by atoms with van der Waals surface area (Å²) in [4.78, 5) is 15.1. The molecule has 1 fully saturated rings. The largest absolute Gasteiger partial charge is 0.378 e. The molecule has 3 rings (SSSR count). The minimum atomic E-state index is -0.194. The number of carbonyl (C=O) groups is 1. The molecule has 0 bridgehead atoms. The molecular weight excluding hydrogens is 350 g/mol. The summed E-state index contributed by atoms with van der Waals surface area (Å²) in [6.07, 6.45) is 3.48. The molecule has 0 saturated carbocycles. The predicted molar refractivity (Wildman–Crippen MR) is 110 cm³/mol. The van der Waals surface area contributed by atoms with Crippen LogP contribution in [0, 0.1) is 0 Å². The summed E-state index contributed by atoms with van der Waals surface area (Å²) in [6.45, 7) is 0. The zero-order valence-electron chi connectivity index (χ0n) is 13.9. The second kappa shape index (κ2) is 7.63. The van der Waals surface area contributed by atoms with Gasteiger partial charge < -0.3 is 4.90 Å². The van der Waals surface area contributed by atoms with Gasteiger partial charge in [0, 0.05) is 19.8 Å². The summed E-state index contributed by atoms with van der Waals surface area (Å²) in [7, 11) is 3.98. The Morgan fingerprint density at radius 2 is 1.72 bits per heavy atom. The van der Waals surface area contributed by atoms with Crippen molar-refractivity contribution in [3.63, 3.8) is 0 Å². The first-order chi connectivity index (χ1) is 12.0. The topological polar surface area (TPSA) is 35.9 Å². The predicted octanol–water partition coefficient (Wildman–Crippen LogP) is 3.99. The lowest BCUT2D eigenvalue weighted by Gasteiger charge is -2.12. The third kappa shape index (κ3) is 4.15. The SMILES string of the molecule is CN(C)c1ccc(/C=N/N2C(=O)/C(=C/c3ccccc3)SC2=S)cc1. The van der Waals surface area contributed by atoms with Crippen LogP contribution in [0.25, 0.3) is 6.08 Å². The molecule has 4 nitrogen and oxygen atoms in total. The fourth-order valence-electron chi connectivity index (χ4n) is 2.24. The second-order valence-corrected chi connectivity index (χ2v) is 7.31. The molecule has 0 atom stereocenters. The van der Waals surface area contributed by atoms with Gasteiger partial charge in [0.1, 0.15) is 0 Å². The highest BCUT2D eigenvalue weighted by molar-refractivity contribution is 8.26. The van der Waals surface area contributed by atoms with E-state index < -0.39 is 0 Å². The number of thiocarbonyl (C=S) groups is 1. The van der Waals surface area contributed by atoms with E-state index in [4.69, 9.17) is 12.2 Å². The Bertz CT molecular complexity index is 843. The fraction of sp³-hybridized carbons (Fsp3) is 0.105. The average molecular weight is 367 g/mol. The Kier molecular flexibility index (Phi) is 5.31. The maximum Gasteiger partial charge on any atom is 0.286 e. The first kappa shape index (κ1) is 17.4. The number of amides is 1. The van der Waals surface area contributed by atoms with Crippen molar-refractivity contribution in [2.24, 2.45) is 5.10 Å². The van der Waals surface area contributed by atoms with E-state index in [2.05, 4.69) is 5.10 Å². The van der Waals surface area contributed by atoms with Crippen molar-refractivity contribution >= 4 is 52.2 Å². The normalized spacial score (nSPS) is 16.2. The molecule has 0 N–H and O–H groups in total. The van der Waals surface area contributed by atoms with Crippen LogP contribution in [0.4, 0.5) is 5.69 Å². The third-order valence-corrected chi connectivity index (χ3v) is 4.89. The van der Waals surface area contributed by atoms with E-state index in [1.807, 2.05) is 79.7 Å². The van der Waals surface area contributed by atoms with Gasteiger partial charge in [0.2, 0.25) is 0 Å². The molecule has 1 heterocycles. The Morgan fingerprint density at radius 3 is 2.36 bits per heavy atom. The molecule has 126 valence electrons. The highest BCUT2D eigenvalue weighted by Gasteiger charge is 2.31. The van der Waals surface area contributed by atoms with Crippen LogP contribution >= 0.6 is 24.0 Å². The highest BCUT2D eigenvalue weighted by atomic mass is 32.2. The Balaban J connectivity index is 1.75. The van der Waals surface area contributed by atoms with Gasteiger partial charge in [0.15, 0.2) is 4.32 Å². The van der Waals surface area contributed by atoms with Crippen molar-refractivity contribution in [2.75, 3.05) is 19.0 Å². The van der Waals surface area contributed by atoms with Gasteiger partial charge in [-0.25, -0.2) is 0 Å². The van der Waals surface area contributed by atoms with Crippen LogP contribution in [0.3, 0.4) is 0 Å². The minimum absolute atomic E-state index is 0.194. The summed E-state index contributed by atoms with van der Waals surface area (Å²) in [6, 6.07) is 17.6. The first-order valence-electron chi connectivity index (χ1n) is 7.69. The molecule has 0 aliphatic carbocycles. The zero-order valence-corrected chi connectivity index (χ0v) is 15.6. The molecule has 0 radical (unpaired) electrons. The van der Waals surface area contributed by atoms with Crippen LogP contribution in [0.1, 0.15) is 11.1 Å². The van der Waals surface area contributed by atoms with Gasteiger partial charge >= 0.3 is 0 Å². The quantitative estimate of drug-likeness (QED) is 0.465. The van der Waals surface area contributed by atoms with Crippen molar-refractivity contribution < 1.29 is 4.79 Å². The number of anilines is 1. The average Bonchev–Trinajstić information content (AvgIpc) is 2.88. The molecule has 1 aliphatic rings. The van der Waals surface area contributed by atoms with Crippen molar-refractivity contribution in [2.45, 2.75) is 0 Å². The van der Waals surface area contributed by atoms with Crippen molar-refractivity contribution in [1.82, 2.24) is 5.01 Å².